The molecule has 0 radical (unpaired) electrons. The van der Waals surface area contributed by atoms with Crippen molar-refractivity contribution >= 4 is 56.7 Å². The van der Waals surface area contributed by atoms with Gasteiger partial charge in [-0.2, -0.15) is 0 Å². The largest absolute Gasteiger partial charge is 0.329 e. The molecule has 0 spiro atoms. The number of fused-ring (bicyclic) bond motifs is 2. The number of nitrogens with zero attached hydrogens (tertiary/aromatic N) is 2. The van der Waals surface area contributed by atoms with Crippen LogP contribution in [0.5, 0.6) is 0 Å². The van der Waals surface area contributed by atoms with Gasteiger partial charge >= 0.3 is 6.03 Å². The zero-order valence-corrected chi connectivity index (χ0v) is 18.6. The van der Waals surface area contributed by atoms with E-state index in [9.17, 15) is 18.0 Å². The second kappa shape index (κ2) is 7.58. The Hall–Kier alpha value is -2.49. The quantitative estimate of drug-likeness (QED) is 0.733. The zero-order chi connectivity index (χ0) is 21.8. The molecule has 1 fully saturated rings. The first-order chi connectivity index (χ1) is 14.9. The molecule has 2 unspecified atom stereocenters. The number of thioether (sulfide) groups is 1. The third kappa shape index (κ3) is 3.31. The second-order valence-corrected chi connectivity index (χ2v) is 10.8. The molecule has 160 valence electrons. The lowest BCUT2D eigenvalue weighted by molar-refractivity contribution is -0.118. The molecule has 2 aromatic carbocycles. The number of urea groups is 1. The molecule has 2 aromatic rings. The summed E-state index contributed by atoms with van der Waals surface area (Å²) in [6, 6.07) is 10.5. The maximum Gasteiger partial charge on any atom is 0.329 e. The Balaban J connectivity index is 1.55. The predicted molar refractivity (Wildman–Crippen MR) is 121 cm³/mol. The summed E-state index contributed by atoms with van der Waals surface area (Å²) >= 11 is 7.62. The average molecular weight is 476 g/mol. The van der Waals surface area contributed by atoms with Crippen LogP contribution in [0.25, 0.3) is 0 Å². The van der Waals surface area contributed by atoms with Crippen molar-refractivity contribution in [3.05, 3.63) is 64.5 Å². The van der Waals surface area contributed by atoms with Gasteiger partial charge in [-0.1, -0.05) is 35.9 Å². The van der Waals surface area contributed by atoms with Crippen molar-refractivity contribution in [3.8, 4) is 0 Å². The van der Waals surface area contributed by atoms with Crippen LogP contribution in [0.1, 0.15) is 12.0 Å². The highest BCUT2D eigenvalue weighted by Crippen LogP contribution is 2.37. The van der Waals surface area contributed by atoms with Gasteiger partial charge in [0.2, 0.25) is 0 Å². The lowest BCUT2D eigenvalue weighted by Crippen LogP contribution is -2.60. The van der Waals surface area contributed by atoms with E-state index in [4.69, 9.17) is 11.6 Å². The van der Waals surface area contributed by atoms with Gasteiger partial charge in [-0.15, -0.1) is 11.8 Å². The molecular formula is C21H18ClN3O4S2. The van der Waals surface area contributed by atoms with E-state index in [1.54, 1.807) is 23.6 Å². The Labute approximate surface area is 189 Å². The number of hydrogen-bond acceptors (Lipinski definition) is 5. The Morgan fingerprint density at radius 1 is 1.10 bits per heavy atom. The minimum atomic E-state index is -3.92. The van der Waals surface area contributed by atoms with Crippen LogP contribution in [-0.2, 0) is 21.2 Å². The molecule has 3 aliphatic heterocycles. The molecule has 1 N–H and O–H groups in total. The summed E-state index contributed by atoms with van der Waals surface area (Å²) in [6.45, 7) is 0.354. The Morgan fingerprint density at radius 2 is 1.90 bits per heavy atom. The number of carbonyl (C=O) groups excluding carboxylic acids is 2. The molecule has 10 heteroatoms. The van der Waals surface area contributed by atoms with Crippen molar-refractivity contribution in [1.29, 1.82) is 0 Å². The van der Waals surface area contributed by atoms with Crippen molar-refractivity contribution in [2.75, 3.05) is 15.7 Å². The molecule has 31 heavy (non-hydrogen) atoms. The number of carbonyl (C=O) groups is 2. The Kier molecular flexibility index (Phi) is 4.99. The summed E-state index contributed by atoms with van der Waals surface area (Å²) in [5, 5.41) is 4.15. The van der Waals surface area contributed by atoms with E-state index in [2.05, 4.69) is 5.32 Å². The average Bonchev–Trinajstić information content (AvgIpc) is 3.23. The maximum atomic E-state index is 13.5. The molecule has 2 atom stereocenters. The summed E-state index contributed by atoms with van der Waals surface area (Å²) in [6.07, 6.45) is 3.28. The molecule has 3 heterocycles. The molecule has 0 aliphatic carbocycles. The first kappa shape index (κ1) is 20.4. The van der Waals surface area contributed by atoms with E-state index < -0.39 is 27.2 Å². The van der Waals surface area contributed by atoms with E-state index in [1.165, 1.54) is 34.3 Å². The molecule has 0 aromatic heterocycles. The fraction of sp³-hybridized carbons (Fsp3) is 0.238. The van der Waals surface area contributed by atoms with Crippen LogP contribution in [0.3, 0.4) is 0 Å². The number of rotatable bonds is 3. The smallest absolute Gasteiger partial charge is 0.329 e. The van der Waals surface area contributed by atoms with E-state index in [0.29, 0.717) is 18.7 Å². The van der Waals surface area contributed by atoms with Crippen LogP contribution in [0, 0.1) is 0 Å². The van der Waals surface area contributed by atoms with Crippen LogP contribution < -0.4 is 14.5 Å². The highest BCUT2D eigenvalue weighted by Gasteiger charge is 2.44. The fourth-order valence-electron chi connectivity index (χ4n) is 4.10. The number of hydrogen-bond donors (Lipinski definition) is 1. The zero-order valence-electron chi connectivity index (χ0n) is 16.2. The molecular weight excluding hydrogens is 458 g/mol. The van der Waals surface area contributed by atoms with Gasteiger partial charge in [-0.25, -0.2) is 18.1 Å². The standard InChI is InChI=1S/C21H18ClN3O4S2/c22-15-8-7-14(31(28,29)24-10-3-5-13-4-1-2-6-17(13)24)12-18(15)25-20(26)19-16(9-11-30-19)23-21(25)27/h1-2,4,6-9,11-12,16,19H,3,5,10H2,(H,23,27). The number of sulfonamides is 1. The molecule has 3 amide bonds. The first-order valence-electron chi connectivity index (χ1n) is 9.75. The molecule has 3 aliphatic rings. The van der Waals surface area contributed by atoms with E-state index >= 15 is 0 Å². The molecule has 0 bridgehead atoms. The third-order valence-electron chi connectivity index (χ3n) is 5.61. The number of nitrogens with one attached hydrogen (secondary N) is 1. The van der Waals surface area contributed by atoms with Crippen molar-refractivity contribution in [1.82, 2.24) is 5.32 Å². The first-order valence-corrected chi connectivity index (χ1v) is 12.5. The number of benzene rings is 2. The molecule has 5 rings (SSSR count). The van der Waals surface area contributed by atoms with Gasteiger partial charge in [-0.3, -0.25) is 9.10 Å². The second-order valence-electron chi connectivity index (χ2n) is 7.46. The normalized spacial score (nSPS) is 22.9. The molecule has 1 saturated heterocycles. The summed E-state index contributed by atoms with van der Waals surface area (Å²) in [5.41, 5.74) is 1.67. The van der Waals surface area contributed by atoms with Gasteiger partial charge < -0.3 is 5.32 Å². The Morgan fingerprint density at radius 3 is 2.74 bits per heavy atom. The van der Waals surface area contributed by atoms with E-state index in [1.807, 2.05) is 12.1 Å². The van der Waals surface area contributed by atoms with E-state index in [-0.39, 0.29) is 21.6 Å². The van der Waals surface area contributed by atoms with Crippen LogP contribution in [0.15, 0.2) is 58.8 Å². The van der Waals surface area contributed by atoms with Crippen LogP contribution in [0.4, 0.5) is 16.2 Å². The summed E-state index contributed by atoms with van der Waals surface area (Å²) in [7, 11) is -3.92. The van der Waals surface area contributed by atoms with Crippen LogP contribution in [0.2, 0.25) is 5.02 Å². The SMILES string of the molecule is O=C1NC2C=CSC2C(=O)N1c1cc(S(=O)(=O)N2CCCc3ccccc32)ccc1Cl. The number of anilines is 2. The molecule has 7 nitrogen and oxygen atoms in total. The monoisotopic (exact) mass is 475 g/mol. The van der Waals surface area contributed by atoms with Gasteiger partial charge in [0.25, 0.3) is 15.9 Å². The summed E-state index contributed by atoms with van der Waals surface area (Å²) in [5.74, 6) is -0.427. The van der Waals surface area contributed by atoms with Crippen molar-refractivity contribution in [2.45, 2.75) is 29.0 Å². The predicted octanol–water partition coefficient (Wildman–Crippen LogP) is 3.54. The van der Waals surface area contributed by atoms with Gasteiger partial charge in [0.05, 0.1) is 27.3 Å². The van der Waals surface area contributed by atoms with Crippen molar-refractivity contribution < 1.29 is 18.0 Å². The fourth-order valence-corrected chi connectivity index (χ4v) is 6.84. The van der Waals surface area contributed by atoms with Crippen molar-refractivity contribution in [3.63, 3.8) is 0 Å². The third-order valence-corrected chi connectivity index (χ3v) is 8.84. The van der Waals surface area contributed by atoms with Crippen LogP contribution >= 0.6 is 23.4 Å². The minimum absolute atomic E-state index is 0.0245. The van der Waals surface area contributed by atoms with Gasteiger partial charge in [-0.05, 0) is 48.1 Å². The van der Waals surface area contributed by atoms with Gasteiger partial charge in [0.1, 0.15) is 5.25 Å². The number of amides is 3. The topological polar surface area (TPSA) is 86.8 Å². The summed E-state index contributed by atoms with van der Waals surface area (Å²) in [4.78, 5) is 26.6. The van der Waals surface area contributed by atoms with Crippen molar-refractivity contribution in [2.24, 2.45) is 0 Å². The number of halogens is 1. The number of aryl methyl sites for hydroxylation is 1. The highest BCUT2D eigenvalue weighted by molar-refractivity contribution is 8.03. The number of para-hydroxylation sites is 1. The summed E-state index contributed by atoms with van der Waals surface area (Å²) < 4.78 is 28.4. The lowest BCUT2D eigenvalue weighted by Gasteiger charge is -2.34. The number of imide groups is 1. The van der Waals surface area contributed by atoms with Crippen LogP contribution in [-0.4, -0.2) is 38.2 Å². The Bertz CT molecular complexity index is 1230. The maximum absolute atomic E-state index is 13.5. The van der Waals surface area contributed by atoms with Gasteiger partial charge in [0.15, 0.2) is 0 Å². The van der Waals surface area contributed by atoms with E-state index in [0.717, 1.165) is 16.9 Å². The molecule has 0 saturated carbocycles. The highest BCUT2D eigenvalue weighted by atomic mass is 35.5. The van der Waals surface area contributed by atoms with Gasteiger partial charge in [0, 0.05) is 6.54 Å². The lowest BCUT2D eigenvalue weighted by atomic mass is 10.0. The minimum Gasteiger partial charge on any atom is -0.329 e.